The molecule has 0 unspecified atom stereocenters. The van der Waals surface area contributed by atoms with E-state index in [4.69, 9.17) is 19.8 Å². The van der Waals surface area contributed by atoms with Crippen LogP contribution in [0.5, 0.6) is 11.5 Å². The number of ether oxygens (including phenoxy) is 2. The molecule has 4 N–H and O–H groups in total. The third-order valence-corrected chi connectivity index (χ3v) is 3.56. The highest BCUT2D eigenvalue weighted by Crippen LogP contribution is 2.36. The average Bonchev–Trinajstić information content (AvgIpc) is 2.91. The number of methoxy groups -OCH3 is 2. The Kier molecular flexibility index (Phi) is 6.32. The van der Waals surface area contributed by atoms with E-state index >= 15 is 0 Å². The van der Waals surface area contributed by atoms with Crippen molar-refractivity contribution in [2.24, 2.45) is 0 Å². The van der Waals surface area contributed by atoms with Crippen molar-refractivity contribution >= 4 is 41.0 Å². The maximum atomic E-state index is 12.2. The summed E-state index contributed by atoms with van der Waals surface area (Å²) in [7, 11) is 3.18. The van der Waals surface area contributed by atoms with Crippen LogP contribution in [0.1, 0.15) is 11.1 Å². The molecule has 0 fully saturated rings. The van der Waals surface area contributed by atoms with Gasteiger partial charge >= 0.3 is 0 Å². The van der Waals surface area contributed by atoms with E-state index in [1.165, 1.54) is 0 Å². The Morgan fingerprint density at radius 1 is 1.16 bits per heavy atom. The van der Waals surface area contributed by atoms with Crippen LogP contribution in [-0.4, -0.2) is 30.9 Å². The summed E-state index contributed by atoms with van der Waals surface area (Å²) in [4.78, 5) is 12.2. The largest absolute Gasteiger partial charge is 0.497 e. The van der Waals surface area contributed by atoms with Gasteiger partial charge in [-0.3, -0.25) is 4.79 Å². The Morgan fingerprint density at radius 2 is 1.88 bits per heavy atom. The van der Waals surface area contributed by atoms with Crippen LogP contribution in [0.15, 0.2) is 36.4 Å². The van der Waals surface area contributed by atoms with Crippen molar-refractivity contribution < 1.29 is 18.8 Å². The van der Waals surface area contributed by atoms with Gasteiger partial charge in [-0.25, -0.2) is 0 Å². The van der Waals surface area contributed by atoms with Crippen LogP contribution in [0.2, 0.25) is 0 Å². The van der Waals surface area contributed by atoms with E-state index in [2.05, 4.69) is 5.32 Å². The molecule has 0 aliphatic carbocycles. The molecular weight excluding hydrogens is 340 g/mol. The van der Waals surface area contributed by atoms with Crippen molar-refractivity contribution in [3.63, 3.8) is 0 Å². The van der Waals surface area contributed by atoms with Crippen LogP contribution < -0.4 is 20.5 Å². The summed E-state index contributed by atoms with van der Waals surface area (Å²) in [5.74, 6) is 1.20. The highest BCUT2D eigenvalue weighted by molar-refractivity contribution is 7.93. The van der Waals surface area contributed by atoms with Gasteiger partial charge in [0.1, 0.15) is 11.5 Å². The Morgan fingerprint density at radius 3 is 2.52 bits per heavy atom. The molecule has 132 valence electrons. The van der Waals surface area contributed by atoms with Crippen LogP contribution in [0.3, 0.4) is 0 Å². The number of carbonyl (C=O) groups excluding carboxylic acids is 1. The van der Waals surface area contributed by atoms with Crippen LogP contribution >= 0.6 is 12.0 Å². The van der Waals surface area contributed by atoms with Gasteiger partial charge in [-0.15, -0.1) is 0 Å². The van der Waals surface area contributed by atoms with Crippen molar-refractivity contribution in [2.45, 2.75) is 0 Å². The van der Waals surface area contributed by atoms with Crippen molar-refractivity contribution in [3.05, 3.63) is 47.5 Å². The number of rotatable bonds is 3. The van der Waals surface area contributed by atoms with E-state index in [0.29, 0.717) is 22.8 Å². The average molecular weight is 360 g/mol. The van der Waals surface area contributed by atoms with Crippen molar-refractivity contribution in [1.82, 2.24) is 0 Å². The minimum absolute atomic E-state index is 0.162. The van der Waals surface area contributed by atoms with Gasteiger partial charge in [0.25, 0.3) is 5.91 Å². The first-order valence-corrected chi connectivity index (χ1v) is 8.54. The number of anilines is 2. The summed E-state index contributed by atoms with van der Waals surface area (Å²) in [6.45, 7) is 0. The number of hydrogen-bond acceptors (Lipinski definition) is 6. The molecule has 0 saturated heterocycles. The Hall–Kier alpha value is -2.64. The quantitative estimate of drug-likeness (QED) is 0.440. The number of amides is 1. The van der Waals surface area contributed by atoms with Gasteiger partial charge in [-0.05, 0) is 54.5 Å². The fourth-order valence-corrected chi connectivity index (χ4v) is 2.46. The van der Waals surface area contributed by atoms with Gasteiger partial charge in [0.05, 0.1) is 14.2 Å². The molecule has 2 aromatic rings. The summed E-state index contributed by atoms with van der Waals surface area (Å²) in [6.07, 6.45) is 3.38. The third-order valence-electron chi connectivity index (χ3n) is 3.56. The standard InChI is InChI=1S/C17H16N2O3.CH4OS/c1-21-12-4-6-16(22-2)10(7-12)8-14-13-9-11(18)3-5-15(13)19-17(14)20;1-3-2/h3-9H,18H2,1-2H3,(H,19,20);2H,1H3/b14-8+;. The fraction of sp³-hybridized carbons (Fsp3) is 0.167. The SMILES string of the molecule is COc1ccc(OC)c(/C=C2/C(=O)Nc3ccc(N)cc32)c1.CSO. The van der Waals surface area contributed by atoms with Gasteiger partial charge in [0.15, 0.2) is 0 Å². The van der Waals surface area contributed by atoms with Gasteiger partial charge < -0.3 is 25.1 Å². The highest BCUT2D eigenvalue weighted by atomic mass is 32.2. The lowest BCUT2D eigenvalue weighted by molar-refractivity contribution is -0.110. The van der Waals surface area contributed by atoms with Gasteiger partial charge in [-0.2, -0.15) is 0 Å². The summed E-state index contributed by atoms with van der Waals surface area (Å²) in [6, 6.07) is 10.8. The Bertz CT molecular complexity index is 806. The molecule has 1 aliphatic rings. The molecule has 0 spiro atoms. The van der Waals surface area contributed by atoms with E-state index in [1.54, 1.807) is 50.8 Å². The molecule has 0 bridgehead atoms. The first-order chi connectivity index (χ1) is 12.0. The van der Waals surface area contributed by atoms with Crippen molar-refractivity contribution in [2.75, 3.05) is 31.5 Å². The first kappa shape index (κ1) is 18.7. The normalized spacial score (nSPS) is 13.6. The summed E-state index contributed by atoms with van der Waals surface area (Å²) in [5.41, 5.74) is 9.29. The van der Waals surface area contributed by atoms with Crippen LogP contribution in [0, 0.1) is 0 Å². The summed E-state index contributed by atoms with van der Waals surface area (Å²) >= 11 is 0.750. The summed E-state index contributed by atoms with van der Waals surface area (Å²) in [5, 5.41) is 2.83. The summed E-state index contributed by atoms with van der Waals surface area (Å²) < 4.78 is 18.1. The number of nitrogens with two attached hydrogens (primary N) is 1. The molecule has 25 heavy (non-hydrogen) atoms. The van der Waals surface area contributed by atoms with Crippen LogP contribution in [0.4, 0.5) is 11.4 Å². The van der Waals surface area contributed by atoms with E-state index < -0.39 is 0 Å². The van der Waals surface area contributed by atoms with E-state index in [1.807, 2.05) is 12.1 Å². The smallest absolute Gasteiger partial charge is 0.256 e. The number of fused-ring (bicyclic) bond motifs is 1. The molecule has 0 radical (unpaired) electrons. The molecule has 0 atom stereocenters. The minimum atomic E-state index is -0.162. The Labute approximate surface area is 150 Å². The molecule has 1 heterocycles. The second kappa shape index (κ2) is 8.46. The minimum Gasteiger partial charge on any atom is -0.497 e. The van der Waals surface area contributed by atoms with Crippen molar-refractivity contribution in [1.29, 1.82) is 0 Å². The second-order valence-corrected chi connectivity index (χ2v) is 5.47. The van der Waals surface area contributed by atoms with Crippen LogP contribution in [-0.2, 0) is 4.79 Å². The van der Waals surface area contributed by atoms with Crippen molar-refractivity contribution in [3.8, 4) is 11.5 Å². The van der Waals surface area contributed by atoms with E-state index in [-0.39, 0.29) is 5.91 Å². The zero-order chi connectivity index (χ0) is 18.4. The molecule has 1 aliphatic heterocycles. The number of hydrogen-bond donors (Lipinski definition) is 3. The van der Waals surface area contributed by atoms with E-state index in [9.17, 15) is 4.79 Å². The van der Waals surface area contributed by atoms with Gasteiger partial charge in [-0.1, -0.05) is 0 Å². The van der Waals surface area contributed by atoms with Gasteiger partial charge in [0.2, 0.25) is 0 Å². The van der Waals surface area contributed by atoms with Crippen LogP contribution in [0.25, 0.3) is 11.6 Å². The topological polar surface area (TPSA) is 93.8 Å². The fourth-order valence-electron chi connectivity index (χ4n) is 2.46. The maximum absolute atomic E-state index is 12.2. The predicted molar refractivity (Wildman–Crippen MR) is 103 cm³/mol. The molecule has 7 heteroatoms. The number of benzene rings is 2. The lowest BCUT2D eigenvalue weighted by Gasteiger charge is -2.08. The number of nitrogens with one attached hydrogen (secondary N) is 1. The first-order valence-electron chi connectivity index (χ1n) is 7.36. The lowest BCUT2D eigenvalue weighted by atomic mass is 10.0. The van der Waals surface area contributed by atoms with E-state index in [0.717, 1.165) is 28.9 Å². The molecule has 0 saturated carbocycles. The van der Waals surface area contributed by atoms with Gasteiger partial charge in [0, 0.05) is 34.3 Å². The zero-order valence-electron chi connectivity index (χ0n) is 14.2. The lowest BCUT2D eigenvalue weighted by Crippen LogP contribution is -2.03. The molecular formula is C18H20N2O4S. The maximum Gasteiger partial charge on any atom is 0.256 e. The molecule has 2 aromatic carbocycles. The molecule has 1 amide bonds. The zero-order valence-corrected chi connectivity index (χ0v) is 15.0. The molecule has 0 aromatic heterocycles. The highest BCUT2D eigenvalue weighted by Gasteiger charge is 2.24. The molecule has 3 rings (SSSR count). The third kappa shape index (κ3) is 4.26. The number of nitrogen functional groups attached to an aromatic ring is 1. The molecule has 6 nitrogen and oxygen atoms in total. The predicted octanol–water partition coefficient (Wildman–Crippen LogP) is 3.60. The Balaban J connectivity index is 0.000000701. The monoisotopic (exact) mass is 360 g/mol. The second-order valence-electron chi connectivity index (χ2n) is 5.11. The number of carbonyl (C=O) groups is 1.